The summed E-state index contributed by atoms with van der Waals surface area (Å²) in [6, 6.07) is 9.57. The van der Waals surface area contributed by atoms with Gasteiger partial charge in [0, 0.05) is 12.5 Å². The molecule has 1 aromatic carbocycles. The molecule has 0 bridgehead atoms. The van der Waals surface area contributed by atoms with Crippen LogP contribution >= 0.6 is 0 Å². The SMILES string of the molecule is NC(CCc1ccccc1)C(=O)NCC1CCCCC1O. The van der Waals surface area contributed by atoms with Crippen LogP contribution in [-0.2, 0) is 11.2 Å². The van der Waals surface area contributed by atoms with Crippen LogP contribution in [0.3, 0.4) is 0 Å². The Balaban J connectivity index is 1.70. The van der Waals surface area contributed by atoms with E-state index >= 15 is 0 Å². The second kappa shape index (κ2) is 8.15. The van der Waals surface area contributed by atoms with E-state index in [2.05, 4.69) is 5.32 Å². The molecule has 1 aliphatic rings. The summed E-state index contributed by atoms with van der Waals surface area (Å²) >= 11 is 0. The van der Waals surface area contributed by atoms with E-state index in [9.17, 15) is 9.90 Å². The summed E-state index contributed by atoms with van der Waals surface area (Å²) in [5.41, 5.74) is 7.14. The molecule has 1 aromatic rings. The first kappa shape index (κ1) is 16.0. The predicted octanol–water partition coefficient (Wildman–Crippen LogP) is 1.61. The minimum atomic E-state index is -0.481. The van der Waals surface area contributed by atoms with E-state index in [4.69, 9.17) is 5.73 Å². The zero-order valence-electron chi connectivity index (χ0n) is 12.5. The van der Waals surface area contributed by atoms with Crippen molar-refractivity contribution in [2.24, 2.45) is 11.7 Å². The molecule has 1 amide bonds. The molecule has 0 saturated heterocycles. The quantitative estimate of drug-likeness (QED) is 0.745. The fraction of sp³-hybridized carbons (Fsp3) is 0.588. The van der Waals surface area contributed by atoms with Crippen molar-refractivity contribution in [2.75, 3.05) is 6.54 Å². The highest BCUT2D eigenvalue weighted by Gasteiger charge is 2.24. The number of hydrogen-bond donors (Lipinski definition) is 3. The minimum absolute atomic E-state index is 0.108. The summed E-state index contributed by atoms with van der Waals surface area (Å²) in [4.78, 5) is 12.0. The highest BCUT2D eigenvalue weighted by molar-refractivity contribution is 5.81. The Morgan fingerprint density at radius 3 is 2.71 bits per heavy atom. The van der Waals surface area contributed by atoms with E-state index in [1.165, 1.54) is 5.56 Å². The number of amides is 1. The van der Waals surface area contributed by atoms with E-state index in [1.807, 2.05) is 30.3 Å². The van der Waals surface area contributed by atoms with Gasteiger partial charge in [0.1, 0.15) is 0 Å². The second-order valence-corrected chi connectivity index (χ2v) is 5.99. The smallest absolute Gasteiger partial charge is 0.236 e. The standard InChI is InChI=1S/C17H26N2O2/c18-15(11-10-13-6-2-1-3-7-13)17(21)19-12-14-8-4-5-9-16(14)20/h1-3,6-7,14-16,20H,4-5,8-12,18H2,(H,19,21). The molecule has 0 aliphatic heterocycles. The first-order valence-electron chi connectivity index (χ1n) is 7.92. The van der Waals surface area contributed by atoms with Gasteiger partial charge in [-0.05, 0) is 31.2 Å². The first-order valence-corrected chi connectivity index (χ1v) is 7.92. The second-order valence-electron chi connectivity index (χ2n) is 5.99. The summed E-state index contributed by atoms with van der Waals surface area (Å²) in [5.74, 6) is 0.0766. The zero-order chi connectivity index (χ0) is 15.1. The van der Waals surface area contributed by atoms with Crippen molar-refractivity contribution in [3.63, 3.8) is 0 Å². The van der Waals surface area contributed by atoms with Crippen LogP contribution in [0.5, 0.6) is 0 Å². The van der Waals surface area contributed by atoms with Crippen LogP contribution in [0.1, 0.15) is 37.7 Å². The number of aryl methyl sites for hydroxylation is 1. The monoisotopic (exact) mass is 290 g/mol. The lowest BCUT2D eigenvalue weighted by atomic mass is 9.86. The molecule has 1 fully saturated rings. The van der Waals surface area contributed by atoms with Gasteiger partial charge in [0.25, 0.3) is 0 Å². The van der Waals surface area contributed by atoms with Gasteiger partial charge < -0.3 is 16.2 Å². The Hall–Kier alpha value is -1.39. The Kier molecular flexibility index (Phi) is 6.21. The van der Waals surface area contributed by atoms with Gasteiger partial charge >= 0.3 is 0 Å². The van der Waals surface area contributed by atoms with Crippen molar-refractivity contribution >= 4 is 5.91 Å². The third-order valence-corrected chi connectivity index (χ3v) is 4.33. The predicted molar refractivity (Wildman–Crippen MR) is 83.7 cm³/mol. The molecule has 3 atom stereocenters. The summed E-state index contributed by atoms with van der Waals surface area (Å²) in [6.45, 7) is 0.541. The summed E-state index contributed by atoms with van der Waals surface area (Å²) < 4.78 is 0. The van der Waals surface area contributed by atoms with Crippen molar-refractivity contribution in [2.45, 2.75) is 50.7 Å². The molecule has 2 rings (SSSR count). The number of rotatable bonds is 6. The van der Waals surface area contributed by atoms with Crippen LogP contribution in [0.25, 0.3) is 0 Å². The molecule has 3 unspecified atom stereocenters. The third kappa shape index (κ3) is 5.14. The Labute approximate surface area is 126 Å². The van der Waals surface area contributed by atoms with Crippen molar-refractivity contribution in [1.29, 1.82) is 0 Å². The molecule has 0 aromatic heterocycles. The average molecular weight is 290 g/mol. The number of hydrogen-bond acceptors (Lipinski definition) is 3. The van der Waals surface area contributed by atoms with Gasteiger partial charge in [-0.2, -0.15) is 0 Å². The summed E-state index contributed by atoms with van der Waals surface area (Å²) in [5, 5.41) is 12.8. The third-order valence-electron chi connectivity index (χ3n) is 4.33. The Morgan fingerprint density at radius 1 is 1.29 bits per heavy atom. The lowest BCUT2D eigenvalue weighted by Gasteiger charge is -2.28. The van der Waals surface area contributed by atoms with Crippen molar-refractivity contribution < 1.29 is 9.90 Å². The first-order chi connectivity index (χ1) is 10.2. The summed E-state index contributed by atoms with van der Waals surface area (Å²) in [6.07, 6.45) is 5.23. The summed E-state index contributed by atoms with van der Waals surface area (Å²) in [7, 11) is 0. The van der Waals surface area contributed by atoms with Gasteiger partial charge in [-0.3, -0.25) is 4.79 Å². The lowest BCUT2D eigenvalue weighted by molar-refractivity contribution is -0.122. The number of carbonyl (C=O) groups excluding carboxylic acids is 1. The van der Waals surface area contributed by atoms with E-state index in [0.717, 1.165) is 32.1 Å². The normalized spacial score (nSPS) is 23.5. The van der Waals surface area contributed by atoms with E-state index in [1.54, 1.807) is 0 Å². The zero-order valence-corrected chi connectivity index (χ0v) is 12.5. The molecule has 4 nitrogen and oxygen atoms in total. The molecule has 0 spiro atoms. The maximum absolute atomic E-state index is 12.0. The number of carbonyl (C=O) groups is 1. The average Bonchev–Trinajstić information content (AvgIpc) is 2.52. The molecule has 0 heterocycles. The maximum atomic E-state index is 12.0. The highest BCUT2D eigenvalue weighted by atomic mass is 16.3. The molecule has 0 radical (unpaired) electrons. The number of nitrogens with one attached hydrogen (secondary N) is 1. The van der Waals surface area contributed by atoms with Crippen molar-refractivity contribution in [1.82, 2.24) is 5.32 Å². The van der Waals surface area contributed by atoms with Crippen LogP contribution < -0.4 is 11.1 Å². The number of nitrogens with two attached hydrogens (primary N) is 1. The number of benzene rings is 1. The van der Waals surface area contributed by atoms with Crippen LogP contribution in [0, 0.1) is 5.92 Å². The van der Waals surface area contributed by atoms with E-state index in [0.29, 0.717) is 13.0 Å². The van der Waals surface area contributed by atoms with Gasteiger partial charge in [-0.1, -0.05) is 43.2 Å². The van der Waals surface area contributed by atoms with Crippen molar-refractivity contribution in [3.8, 4) is 0 Å². The molecule has 4 N–H and O–H groups in total. The molecule has 21 heavy (non-hydrogen) atoms. The van der Waals surface area contributed by atoms with Crippen LogP contribution in [-0.4, -0.2) is 29.7 Å². The Morgan fingerprint density at radius 2 is 2.00 bits per heavy atom. The van der Waals surface area contributed by atoms with E-state index < -0.39 is 6.04 Å². The van der Waals surface area contributed by atoms with Crippen LogP contribution in [0.15, 0.2) is 30.3 Å². The maximum Gasteiger partial charge on any atom is 0.236 e. The minimum Gasteiger partial charge on any atom is -0.393 e. The van der Waals surface area contributed by atoms with Gasteiger partial charge in [-0.15, -0.1) is 0 Å². The van der Waals surface area contributed by atoms with Gasteiger partial charge in [0.2, 0.25) is 5.91 Å². The van der Waals surface area contributed by atoms with Gasteiger partial charge in [0.15, 0.2) is 0 Å². The molecule has 116 valence electrons. The molecular formula is C17H26N2O2. The van der Waals surface area contributed by atoms with Gasteiger partial charge in [0.05, 0.1) is 12.1 Å². The fourth-order valence-corrected chi connectivity index (χ4v) is 2.89. The number of aliphatic hydroxyl groups excluding tert-OH is 1. The molecule has 4 heteroatoms. The Bertz CT molecular complexity index is 436. The van der Waals surface area contributed by atoms with Gasteiger partial charge in [-0.25, -0.2) is 0 Å². The largest absolute Gasteiger partial charge is 0.393 e. The topological polar surface area (TPSA) is 75.4 Å². The van der Waals surface area contributed by atoms with E-state index in [-0.39, 0.29) is 17.9 Å². The van der Waals surface area contributed by atoms with Crippen molar-refractivity contribution in [3.05, 3.63) is 35.9 Å². The van der Waals surface area contributed by atoms with Crippen LogP contribution in [0.2, 0.25) is 0 Å². The fourth-order valence-electron chi connectivity index (χ4n) is 2.89. The molecule has 1 saturated carbocycles. The molecular weight excluding hydrogens is 264 g/mol. The molecule has 1 aliphatic carbocycles. The number of aliphatic hydroxyl groups is 1. The lowest BCUT2D eigenvalue weighted by Crippen LogP contribution is -2.44. The highest BCUT2D eigenvalue weighted by Crippen LogP contribution is 2.23. The van der Waals surface area contributed by atoms with Crippen LogP contribution in [0.4, 0.5) is 0 Å².